The van der Waals surface area contributed by atoms with Crippen LogP contribution in [0.1, 0.15) is 22.3 Å². The number of hydrogen-bond acceptors (Lipinski definition) is 3. The Morgan fingerprint density at radius 3 is 1.75 bits per heavy atom. The highest BCUT2D eigenvalue weighted by molar-refractivity contribution is 6.06. The third-order valence-electron chi connectivity index (χ3n) is 12.4. The van der Waals surface area contributed by atoms with Crippen LogP contribution in [0.25, 0.3) is 88.9 Å². The lowest BCUT2D eigenvalue weighted by atomic mass is 9.67. The molecule has 2 aromatic heterocycles. The molecule has 0 saturated heterocycles. The predicted octanol–water partition coefficient (Wildman–Crippen LogP) is 14.6. The molecule has 1 aliphatic rings. The van der Waals surface area contributed by atoms with E-state index in [-0.39, 0.29) is 0 Å². The summed E-state index contributed by atoms with van der Waals surface area (Å²) < 4.78 is 6.29. The van der Waals surface area contributed by atoms with E-state index in [9.17, 15) is 0 Å². The van der Waals surface area contributed by atoms with E-state index in [0.717, 1.165) is 66.5 Å². The zero-order valence-corrected chi connectivity index (χ0v) is 32.6. The molecule has 280 valence electrons. The van der Waals surface area contributed by atoms with Crippen LogP contribution in [0, 0.1) is 0 Å². The van der Waals surface area contributed by atoms with Crippen molar-refractivity contribution in [3.8, 4) is 56.2 Å². The number of furan rings is 1. The first-order chi connectivity index (χ1) is 29.7. The Morgan fingerprint density at radius 2 is 0.933 bits per heavy atom. The van der Waals surface area contributed by atoms with Crippen molar-refractivity contribution in [2.75, 3.05) is 0 Å². The Labute approximate surface area is 347 Å². The highest BCUT2D eigenvalue weighted by atomic mass is 16.3. The minimum Gasteiger partial charge on any atom is -0.456 e. The van der Waals surface area contributed by atoms with Gasteiger partial charge < -0.3 is 4.42 Å². The molecule has 3 nitrogen and oxygen atoms in total. The minimum absolute atomic E-state index is 0.517. The fraction of sp³-hybridized carbons (Fsp3) is 0.0175. The van der Waals surface area contributed by atoms with Crippen molar-refractivity contribution >= 4 is 32.7 Å². The lowest BCUT2D eigenvalue weighted by Crippen LogP contribution is -2.28. The molecule has 11 aromatic rings. The molecule has 2 heterocycles. The van der Waals surface area contributed by atoms with Gasteiger partial charge in [-0.25, -0.2) is 9.97 Å². The summed E-state index contributed by atoms with van der Waals surface area (Å²) in [5.74, 6) is 0.684. The van der Waals surface area contributed by atoms with Crippen molar-refractivity contribution in [3.05, 3.63) is 241 Å². The van der Waals surface area contributed by atoms with Crippen molar-refractivity contribution < 1.29 is 4.42 Å². The number of aromatic nitrogens is 2. The van der Waals surface area contributed by atoms with E-state index >= 15 is 0 Å². The Morgan fingerprint density at radius 1 is 0.333 bits per heavy atom. The first-order valence-corrected chi connectivity index (χ1v) is 20.5. The van der Waals surface area contributed by atoms with Crippen molar-refractivity contribution in [1.29, 1.82) is 0 Å². The zero-order valence-electron chi connectivity index (χ0n) is 32.6. The van der Waals surface area contributed by atoms with Crippen molar-refractivity contribution in [3.63, 3.8) is 0 Å². The fourth-order valence-electron chi connectivity index (χ4n) is 9.57. The molecular weight excluding hydrogens is 729 g/mol. The molecule has 0 radical (unpaired) electrons. The molecule has 0 aliphatic heterocycles. The number of benzene rings is 9. The maximum Gasteiger partial charge on any atom is 0.160 e. The Bertz CT molecular complexity index is 3400. The SMILES string of the molecule is c1ccc(C2(c3ccccc3)c3ccccc3-c3ccc(-c4cc(-c5cccc(-c6ccc7c(c6)oc6ccccc67)c5)nc(-c5ccc6ccccc6c5)n4)cc32)cc1. The molecule has 0 saturated carbocycles. The third-order valence-corrected chi connectivity index (χ3v) is 12.4. The van der Waals surface area contributed by atoms with Crippen LogP contribution < -0.4 is 0 Å². The van der Waals surface area contributed by atoms with Gasteiger partial charge in [-0.2, -0.15) is 0 Å². The summed E-state index contributed by atoms with van der Waals surface area (Å²) in [6.07, 6.45) is 0. The summed E-state index contributed by atoms with van der Waals surface area (Å²) in [6, 6.07) is 78.2. The predicted molar refractivity (Wildman–Crippen MR) is 246 cm³/mol. The van der Waals surface area contributed by atoms with Crippen LogP contribution in [-0.4, -0.2) is 9.97 Å². The van der Waals surface area contributed by atoms with Crippen molar-refractivity contribution in [1.82, 2.24) is 9.97 Å². The highest BCUT2D eigenvalue weighted by Gasteiger charge is 2.46. The molecular formula is C57H36N2O. The van der Waals surface area contributed by atoms with E-state index in [4.69, 9.17) is 14.4 Å². The van der Waals surface area contributed by atoms with Crippen LogP contribution in [0.5, 0.6) is 0 Å². The molecule has 12 rings (SSSR count). The lowest BCUT2D eigenvalue weighted by Gasteiger charge is -2.34. The van der Waals surface area contributed by atoms with Crippen LogP contribution >= 0.6 is 0 Å². The standard InChI is InChI=1S/C57H36N2O/c1-3-18-44(19-4-1)57(45-20-5-2-6-21-45)50-24-11-9-22-46(50)47-30-29-42(34-51(47)57)53-36-52(58-56(59-53)43-27-26-37-14-7-8-15-38(37)33-43)41-17-13-16-39(32-41)40-28-31-49-48-23-10-12-25-54(48)60-55(49)35-40/h1-36H. The van der Waals surface area contributed by atoms with Crippen LogP contribution in [-0.2, 0) is 5.41 Å². The zero-order chi connectivity index (χ0) is 39.6. The average Bonchev–Trinajstić information content (AvgIpc) is 3.85. The second kappa shape index (κ2) is 13.6. The number of rotatable bonds is 6. The molecule has 9 aromatic carbocycles. The number of fused-ring (bicyclic) bond motifs is 7. The molecule has 0 spiro atoms. The van der Waals surface area contributed by atoms with E-state index in [2.05, 4.69) is 206 Å². The maximum atomic E-state index is 6.29. The van der Waals surface area contributed by atoms with Gasteiger partial charge in [0, 0.05) is 27.5 Å². The summed E-state index contributed by atoms with van der Waals surface area (Å²) >= 11 is 0. The van der Waals surface area contributed by atoms with E-state index in [1.807, 2.05) is 12.1 Å². The number of para-hydroxylation sites is 1. The van der Waals surface area contributed by atoms with Gasteiger partial charge >= 0.3 is 0 Å². The summed E-state index contributed by atoms with van der Waals surface area (Å²) in [5, 5.41) is 4.58. The molecule has 60 heavy (non-hydrogen) atoms. The van der Waals surface area contributed by atoms with E-state index < -0.39 is 5.41 Å². The van der Waals surface area contributed by atoms with Gasteiger partial charge in [0.2, 0.25) is 0 Å². The summed E-state index contributed by atoms with van der Waals surface area (Å²) in [4.78, 5) is 10.7. The molecule has 0 atom stereocenters. The van der Waals surface area contributed by atoms with Gasteiger partial charge in [-0.15, -0.1) is 0 Å². The number of nitrogens with zero attached hydrogens (tertiary/aromatic N) is 2. The molecule has 0 fully saturated rings. The molecule has 0 amide bonds. The third kappa shape index (κ3) is 5.37. The normalized spacial score (nSPS) is 12.8. The largest absolute Gasteiger partial charge is 0.456 e. The molecule has 0 N–H and O–H groups in total. The Balaban J connectivity index is 1.05. The van der Waals surface area contributed by atoms with Crippen LogP contribution in [0.3, 0.4) is 0 Å². The second-order valence-electron chi connectivity index (χ2n) is 15.7. The first kappa shape index (κ1) is 34.2. The van der Waals surface area contributed by atoms with E-state index in [1.54, 1.807) is 0 Å². The highest BCUT2D eigenvalue weighted by Crippen LogP contribution is 2.56. The average molecular weight is 765 g/mol. The van der Waals surface area contributed by atoms with Gasteiger partial charge in [0.1, 0.15) is 11.2 Å². The summed E-state index contributed by atoms with van der Waals surface area (Å²) in [6.45, 7) is 0. The fourth-order valence-corrected chi connectivity index (χ4v) is 9.57. The first-order valence-electron chi connectivity index (χ1n) is 20.5. The second-order valence-corrected chi connectivity index (χ2v) is 15.7. The molecule has 1 aliphatic carbocycles. The Kier molecular flexibility index (Phi) is 7.76. The van der Waals surface area contributed by atoms with Crippen molar-refractivity contribution in [2.24, 2.45) is 0 Å². The van der Waals surface area contributed by atoms with E-state index in [1.165, 1.54) is 38.8 Å². The smallest absolute Gasteiger partial charge is 0.160 e. The van der Waals surface area contributed by atoms with Gasteiger partial charge in [-0.05, 0) is 97.7 Å². The van der Waals surface area contributed by atoms with E-state index in [0.29, 0.717) is 5.82 Å². The van der Waals surface area contributed by atoms with Crippen molar-refractivity contribution in [2.45, 2.75) is 5.41 Å². The quantitative estimate of drug-likeness (QED) is 0.169. The van der Waals surface area contributed by atoms with Crippen LogP contribution in [0.15, 0.2) is 223 Å². The monoisotopic (exact) mass is 764 g/mol. The summed E-state index contributed by atoms with van der Waals surface area (Å²) in [5.41, 5.74) is 15.7. The lowest BCUT2D eigenvalue weighted by molar-refractivity contribution is 0.669. The molecule has 3 heteroatoms. The van der Waals surface area contributed by atoms with Crippen LogP contribution in [0.2, 0.25) is 0 Å². The van der Waals surface area contributed by atoms with Gasteiger partial charge in [-0.1, -0.05) is 176 Å². The molecule has 0 bridgehead atoms. The minimum atomic E-state index is -0.517. The van der Waals surface area contributed by atoms with Gasteiger partial charge in [0.15, 0.2) is 5.82 Å². The maximum absolute atomic E-state index is 6.29. The number of hydrogen-bond donors (Lipinski definition) is 0. The Hall–Kier alpha value is -7.88. The van der Waals surface area contributed by atoms with Gasteiger partial charge in [0.25, 0.3) is 0 Å². The van der Waals surface area contributed by atoms with Gasteiger partial charge in [-0.3, -0.25) is 0 Å². The topological polar surface area (TPSA) is 38.9 Å². The van der Waals surface area contributed by atoms with Crippen LogP contribution in [0.4, 0.5) is 0 Å². The summed E-state index contributed by atoms with van der Waals surface area (Å²) in [7, 11) is 0. The van der Waals surface area contributed by atoms with Gasteiger partial charge in [0.05, 0.1) is 16.8 Å². The molecule has 0 unspecified atom stereocenters.